The fourth-order valence-electron chi connectivity index (χ4n) is 1.15. The van der Waals surface area contributed by atoms with Gasteiger partial charge in [0.1, 0.15) is 6.23 Å². The second-order valence-electron chi connectivity index (χ2n) is 2.86. The second-order valence-corrected chi connectivity index (χ2v) is 2.86. The molecule has 0 saturated heterocycles. The highest BCUT2D eigenvalue weighted by Crippen LogP contribution is 2.00. The Kier molecular flexibility index (Phi) is 7.06. The Hall–Kier alpha value is -0.870. The van der Waals surface area contributed by atoms with Crippen molar-refractivity contribution in [1.82, 2.24) is 4.90 Å². The zero-order valence-corrected chi connectivity index (χ0v) is 8.90. The van der Waals surface area contributed by atoms with Crippen LogP contribution in [0.4, 0.5) is 0 Å². The standard InChI is InChI=1S/C10H19NO3/c1-4-10(13)14-8-7-9(12)11(5-2)6-3/h4,9,12H,1,5-8H2,2-3H3. The number of rotatable bonds is 7. The van der Waals surface area contributed by atoms with Gasteiger partial charge in [0, 0.05) is 12.5 Å². The van der Waals surface area contributed by atoms with Crippen LogP contribution in [0.3, 0.4) is 0 Å². The average molecular weight is 201 g/mol. The van der Waals surface area contributed by atoms with E-state index in [1.54, 1.807) is 0 Å². The van der Waals surface area contributed by atoms with Gasteiger partial charge in [-0.2, -0.15) is 0 Å². The van der Waals surface area contributed by atoms with E-state index in [0.717, 1.165) is 19.2 Å². The summed E-state index contributed by atoms with van der Waals surface area (Å²) in [6.45, 7) is 9.02. The average Bonchev–Trinajstić information content (AvgIpc) is 2.19. The first-order valence-corrected chi connectivity index (χ1v) is 4.87. The van der Waals surface area contributed by atoms with Gasteiger partial charge in [-0.3, -0.25) is 4.90 Å². The molecule has 0 bridgehead atoms. The number of carbonyl (C=O) groups excluding carboxylic acids is 1. The lowest BCUT2D eigenvalue weighted by Crippen LogP contribution is -2.35. The van der Waals surface area contributed by atoms with Gasteiger partial charge in [-0.05, 0) is 13.1 Å². The van der Waals surface area contributed by atoms with Crippen LogP contribution >= 0.6 is 0 Å². The van der Waals surface area contributed by atoms with Gasteiger partial charge < -0.3 is 9.84 Å². The van der Waals surface area contributed by atoms with Crippen molar-refractivity contribution in [3.8, 4) is 0 Å². The molecule has 1 atom stereocenters. The lowest BCUT2D eigenvalue weighted by Gasteiger charge is -2.24. The van der Waals surface area contributed by atoms with Gasteiger partial charge >= 0.3 is 5.97 Å². The lowest BCUT2D eigenvalue weighted by molar-refractivity contribution is -0.139. The van der Waals surface area contributed by atoms with Gasteiger partial charge in [0.2, 0.25) is 0 Å². The van der Waals surface area contributed by atoms with E-state index in [9.17, 15) is 9.90 Å². The number of hydrogen-bond donors (Lipinski definition) is 1. The van der Waals surface area contributed by atoms with Crippen LogP contribution in [0.25, 0.3) is 0 Å². The zero-order valence-electron chi connectivity index (χ0n) is 8.90. The van der Waals surface area contributed by atoms with Crippen molar-refractivity contribution in [2.45, 2.75) is 26.5 Å². The number of aliphatic hydroxyl groups is 1. The molecule has 0 amide bonds. The highest BCUT2D eigenvalue weighted by molar-refractivity contribution is 5.81. The molecule has 0 heterocycles. The summed E-state index contributed by atoms with van der Waals surface area (Å²) in [6.07, 6.45) is 1.01. The molecule has 4 heteroatoms. The topological polar surface area (TPSA) is 49.8 Å². The fraction of sp³-hybridized carbons (Fsp3) is 0.700. The minimum atomic E-state index is -0.539. The molecular weight excluding hydrogens is 182 g/mol. The van der Waals surface area contributed by atoms with Crippen LogP contribution in [-0.2, 0) is 9.53 Å². The molecule has 0 aliphatic carbocycles. The Morgan fingerprint density at radius 1 is 1.57 bits per heavy atom. The quantitative estimate of drug-likeness (QED) is 0.375. The summed E-state index contributed by atoms with van der Waals surface area (Å²) in [5.74, 6) is -0.447. The van der Waals surface area contributed by atoms with E-state index < -0.39 is 12.2 Å². The lowest BCUT2D eigenvalue weighted by atomic mass is 10.3. The number of hydrogen-bond acceptors (Lipinski definition) is 4. The predicted molar refractivity (Wildman–Crippen MR) is 54.7 cm³/mol. The molecular formula is C10H19NO3. The molecule has 1 N–H and O–H groups in total. The van der Waals surface area contributed by atoms with Crippen LogP contribution in [-0.4, -0.2) is 41.9 Å². The summed E-state index contributed by atoms with van der Waals surface area (Å²) in [5.41, 5.74) is 0. The minimum absolute atomic E-state index is 0.225. The van der Waals surface area contributed by atoms with Gasteiger partial charge in [-0.1, -0.05) is 20.4 Å². The van der Waals surface area contributed by atoms with E-state index in [1.165, 1.54) is 0 Å². The second kappa shape index (κ2) is 7.53. The largest absolute Gasteiger partial charge is 0.462 e. The van der Waals surface area contributed by atoms with E-state index in [2.05, 4.69) is 6.58 Å². The molecule has 14 heavy (non-hydrogen) atoms. The summed E-state index contributed by atoms with van der Waals surface area (Å²) in [7, 11) is 0. The van der Waals surface area contributed by atoms with Gasteiger partial charge in [0.15, 0.2) is 0 Å². The Labute approximate surface area is 85.2 Å². The molecule has 1 unspecified atom stereocenters. The Morgan fingerprint density at radius 2 is 2.14 bits per heavy atom. The van der Waals surface area contributed by atoms with E-state index in [4.69, 9.17) is 4.74 Å². The van der Waals surface area contributed by atoms with Crippen LogP contribution in [0.1, 0.15) is 20.3 Å². The minimum Gasteiger partial charge on any atom is -0.462 e. The number of nitrogens with zero attached hydrogens (tertiary/aromatic N) is 1. The van der Waals surface area contributed by atoms with Crippen molar-refractivity contribution >= 4 is 5.97 Å². The van der Waals surface area contributed by atoms with Crippen molar-refractivity contribution in [3.63, 3.8) is 0 Å². The third-order valence-electron chi connectivity index (χ3n) is 2.02. The highest BCUT2D eigenvalue weighted by Gasteiger charge is 2.11. The summed E-state index contributed by atoms with van der Waals surface area (Å²) in [6, 6.07) is 0. The van der Waals surface area contributed by atoms with Gasteiger partial charge in [-0.25, -0.2) is 4.79 Å². The first kappa shape index (κ1) is 13.1. The molecule has 0 aromatic rings. The molecule has 0 fully saturated rings. The summed E-state index contributed by atoms with van der Waals surface area (Å²) in [4.78, 5) is 12.6. The maximum Gasteiger partial charge on any atom is 0.330 e. The number of ether oxygens (including phenoxy) is 1. The molecule has 0 spiro atoms. The van der Waals surface area contributed by atoms with Gasteiger partial charge in [0.05, 0.1) is 6.61 Å². The smallest absolute Gasteiger partial charge is 0.330 e. The monoisotopic (exact) mass is 201 g/mol. The van der Waals surface area contributed by atoms with Crippen molar-refractivity contribution in [2.24, 2.45) is 0 Å². The third kappa shape index (κ3) is 4.99. The van der Waals surface area contributed by atoms with Crippen molar-refractivity contribution in [1.29, 1.82) is 0 Å². The molecule has 0 aromatic heterocycles. The molecule has 4 nitrogen and oxygen atoms in total. The van der Waals surface area contributed by atoms with Crippen LogP contribution in [0.2, 0.25) is 0 Å². The molecule has 82 valence electrons. The van der Waals surface area contributed by atoms with Crippen molar-refractivity contribution < 1.29 is 14.6 Å². The maximum absolute atomic E-state index is 10.7. The van der Waals surface area contributed by atoms with E-state index in [1.807, 2.05) is 18.7 Å². The Balaban J connectivity index is 3.66. The van der Waals surface area contributed by atoms with E-state index >= 15 is 0 Å². The van der Waals surface area contributed by atoms with E-state index in [-0.39, 0.29) is 6.61 Å². The van der Waals surface area contributed by atoms with Crippen LogP contribution in [0, 0.1) is 0 Å². The molecule has 0 aliphatic rings. The Morgan fingerprint density at radius 3 is 2.57 bits per heavy atom. The molecule has 0 rings (SSSR count). The third-order valence-corrected chi connectivity index (χ3v) is 2.02. The normalized spacial score (nSPS) is 12.6. The predicted octanol–water partition coefficient (Wildman–Crippen LogP) is 0.766. The van der Waals surface area contributed by atoms with E-state index in [0.29, 0.717) is 6.42 Å². The van der Waals surface area contributed by atoms with Crippen molar-refractivity contribution in [3.05, 3.63) is 12.7 Å². The van der Waals surface area contributed by atoms with Crippen LogP contribution in [0.5, 0.6) is 0 Å². The highest BCUT2D eigenvalue weighted by atomic mass is 16.5. The van der Waals surface area contributed by atoms with Gasteiger partial charge in [-0.15, -0.1) is 0 Å². The fourth-order valence-corrected chi connectivity index (χ4v) is 1.15. The van der Waals surface area contributed by atoms with Gasteiger partial charge in [0.25, 0.3) is 0 Å². The maximum atomic E-state index is 10.7. The molecule has 0 aliphatic heterocycles. The summed E-state index contributed by atoms with van der Waals surface area (Å²) in [5, 5.41) is 9.60. The first-order valence-electron chi connectivity index (χ1n) is 4.87. The molecule has 0 radical (unpaired) electrons. The first-order chi connectivity index (χ1) is 6.65. The molecule has 0 aromatic carbocycles. The Bertz CT molecular complexity index is 178. The number of aliphatic hydroxyl groups excluding tert-OH is 1. The van der Waals surface area contributed by atoms with Crippen LogP contribution in [0.15, 0.2) is 12.7 Å². The molecule has 0 saturated carbocycles. The zero-order chi connectivity index (χ0) is 11.0. The number of carbonyl (C=O) groups is 1. The van der Waals surface area contributed by atoms with Crippen LogP contribution < -0.4 is 0 Å². The summed E-state index contributed by atoms with van der Waals surface area (Å²) >= 11 is 0. The van der Waals surface area contributed by atoms with Crippen molar-refractivity contribution in [2.75, 3.05) is 19.7 Å². The number of esters is 1. The SMILES string of the molecule is C=CC(=O)OCCC(O)N(CC)CC. The summed E-state index contributed by atoms with van der Waals surface area (Å²) < 4.78 is 4.76.